The van der Waals surface area contributed by atoms with Gasteiger partial charge >= 0.3 is 0 Å². The van der Waals surface area contributed by atoms with Crippen LogP contribution in [-0.2, 0) is 6.42 Å². The Labute approximate surface area is 103 Å². The molecule has 0 saturated carbocycles. The van der Waals surface area contributed by atoms with Crippen molar-refractivity contribution in [1.82, 2.24) is 19.0 Å². The number of rotatable bonds is 4. The average Bonchev–Trinajstić information content (AvgIpc) is 2.77. The van der Waals surface area contributed by atoms with Gasteiger partial charge in [0.25, 0.3) is 5.91 Å². The fourth-order valence-electron chi connectivity index (χ4n) is 1.39. The topological polar surface area (TPSA) is 67.8 Å². The zero-order valence-corrected chi connectivity index (χ0v) is 10.2. The molecule has 2 aromatic rings. The summed E-state index contributed by atoms with van der Waals surface area (Å²) >= 11 is 1.06. The highest BCUT2D eigenvalue weighted by Crippen LogP contribution is 2.03. The van der Waals surface area contributed by atoms with Crippen LogP contribution in [0.5, 0.6) is 0 Å². The van der Waals surface area contributed by atoms with E-state index in [0.29, 0.717) is 17.9 Å². The van der Waals surface area contributed by atoms with E-state index in [1.54, 1.807) is 19.3 Å². The van der Waals surface area contributed by atoms with E-state index in [9.17, 15) is 4.79 Å². The van der Waals surface area contributed by atoms with E-state index in [-0.39, 0.29) is 5.91 Å². The molecule has 1 N–H and O–H groups in total. The first-order valence-corrected chi connectivity index (χ1v) is 5.96. The van der Waals surface area contributed by atoms with Crippen LogP contribution in [0, 0.1) is 6.92 Å². The van der Waals surface area contributed by atoms with E-state index < -0.39 is 0 Å². The molecular weight excluding hydrogens is 236 g/mol. The third-order valence-corrected chi connectivity index (χ3v) is 2.94. The standard InChI is InChI=1S/C11H12N4OS/c1-8-10(15-17-14-8)11(16)13-7-4-9-2-5-12-6-3-9/h2-3,5-6H,4,7H2,1H3,(H,13,16). The first-order chi connectivity index (χ1) is 8.27. The van der Waals surface area contributed by atoms with Gasteiger partial charge in [0.1, 0.15) is 0 Å². The Bertz CT molecular complexity index is 497. The van der Waals surface area contributed by atoms with Crippen molar-refractivity contribution in [1.29, 1.82) is 0 Å². The molecule has 0 saturated heterocycles. The van der Waals surface area contributed by atoms with Gasteiger partial charge in [-0.1, -0.05) is 0 Å². The summed E-state index contributed by atoms with van der Waals surface area (Å²) in [5, 5.41) is 2.82. The van der Waals surface area contributed by atoms with E-state index in [4.69, 9.17) is 0 Å². The highest BCUT2D eigenvalue weighted by molar-refractivity contribution is 6.99. The van der Waals surface area contributed by atoms with E-state index in [1.165, 1.54) is 0 Å². The summed E-state index contributed by atoms with van der Waals surface area (Å²) in [5.41, 5.74) is 2.24. The van der Waals surface area contributed by atoms with Crippen LogP contribution in [0.4, 0.5) is 0 Å². The summed E-state index contributed by atoms with van der Waals surface area (Å²) < 4.78 is 7.92. The molecule has 0 aliphatic carbocycles. The number of carbonyl (C=O) groups is 1. The van der Waals surface area contributed by atoms with Gasteiger partial charge < -0.3 is 5.32 Å². The lowest BCUT2D eigenvalue weighted by Gasteiger charge is -2.03. The molecular formula is C11H12N4OS. The molecule has 0 aromatic carbocycles. The summed E-state index contributed by atoms with van der Waals surface area (Å²) in [6, 6.07) is 3.86. The molecule has 1 amide bonds. The maximum atomic E-state index is 11.7. The zero-order chi connectivity index (χ0) is 12.1. The summed E-state index contributed by atoms with van der Waals surface area (Å²) in [7, 11) is 0. The van der Waals surface area contributed by atoms with E-state index >= 15 is 0 Å². The monoisotopic (exact) mass is 248 g/mol. The van der Waals surface area contributed by atoms with Crippen molar-refractivity contribution in [3.63, 3.8) is 0 Å². The maximum Gasteiger partial charge on any atom is 0.272 e. The fourth-order valence-corrected chi connectivity index (χ4v) is 1.94. The lowest BCUT2D eigenvalue weighted by atomic mass is 10.2. The van der Waals surface area contributed by atoms with Crippen LogP contribution >= 0.6 is 11.7 Å². The largest absolute Gasteiger partial charge is 0.350 e. The van der Waals surface area contributed by atoms with Crippen LogP contribution in [0.15, 0.2) is 24.5 Å². The van der Waals surface area contributed by atoms with Crippen LogP contribution in [-0.4, -0.2) is 26.2 Å². The van der Waals surface area contributed by atoms with Crippen LogP contribution in [0.3, 0.4) is 0 Å². The number of pyridine rings is 1. The highest BCUT2D eigenvalue weighted by atomic mass is 32.1. The smallest absolute Gasteiger partial charge is 0.272 e. The number of nitrogens with zero attached hydrogens (tertiary/aromatic N) is 3. The number of nitrogens with one attached hydrogen (secondary N) is 1. The summed E-state index contributed by atoms with van der Waals surface area (Å²) in [5.74, 6) is -0.162. The molecule has 0 radical (unpaired) electrons. The molecule has 0 spiro atoms. The molecule has 17 heavy (non-hydrogen) atoms. The van der Waals surface area contributed by atoms with Crippen molar-refractivity contribution in [3.8, 4) is 0 Å². The molecule has 6 heteroatoms. The Morgan fingerprint density at radius 1 is 1.35 bits per heavy atom. The molecule has 88 valence electrons. The summed E-state index contributed by atoms with van der Waals surface area (Å²) in [4.78, 5) is 15.6. The van der Waals surface area contributed by atoms with Gasteiger partial charge in [0.2, 0.25) is 0 Å². The van der Waals surface area contributed by atoms with Crippen LogP contribution in [0.1, 0.15) is 21.7 Å². The molecule has 0 aliphatic rings. The fraction of sp³-hybridized carbons (Fsp3) is 0.273. The van der Waals surface area contributed by atoms with Crippen LogP contribution in [0.2, 0.25) is 0 Å². The van der Waals surface area contributed by atoms with Gasteiger partial charge in [-0.25, -0.2) is 0 Å². The van der Waals surface area contributed by atoms with Gasteiger partial charge in [0.05, 0.1) is 17.4 Å². The highest BCUT2D eigenvalue weighted by Gasteiger charge is 2.12. The maximum absolute atomic E-state index is 11.7. The molecule has 2 aromatic heterocycles. The second-order valence-corrected chi connectivity index (χ2v) is 4.09. The molecule has 2 rings (SSSR count). The van der Waals surface area contributed by atoms with Crippen molar-refractivity contribution in [3.05, 3.63) is 41.5 Å². The Hall–Kier alpha value is -1.82. The zero-order valence-electron chi connectivity index (χ0n) is 9.38. The minimum Gasteiger partial charge on any atom is -0.350 e. The van der Waals surface area contributed by atoms with Crippen LogP contribution < -0.4 is 5.32 Å². The molecule has 5 nitrogen and oxygen atoms in total. The predicted octanol–water partition coefficient (Wildman–Crippen LogP) is 1.21. The molecule has 0 fully saturated rings. The van der Waals surface area contributed by atoms with Crippen molar-refractivity contribution < 1.29 is 4.79 Å². The lowest BCUT2D eigenvalue weighted by Crippen LogP contribution is -2.26. The molecule has 0 atom stereocenters. The van der Waals surface area contributed by atoms with Crippen molar-refractivity contribution in [2.45, 2.75) is 13.3 Å². The average molecular weight is 248 g/mol. The Balaban J connectivity index is 1.84. The SMILES string of the molecule is Cc1nsnc1C(=O)NCCc1ccncc1. The lowest BCUT2D eigenvalue weighted by molar-refractivity contribution is 0.0949. The summed E-state index contributed by atoms with van der Waals surface area (Å²) in [6.45, 7) is 2.36. The molecule has 0 aliphatic heterocycles. The van der Waals surface area contributed by atoms with Crippen LogP contribution in [0.25, 0.3) is 0 Å². The summed E-state index contributed by atoms with van der Waals surface area (Å²) in [6.07, 6.45) is 4.27. The molecule has 2 heterocycles. The third kappa shape index (κ3) is 3.07. The number of hydrogen-bond acceptors (Lipinski definition) is 5. The molecule has 0 unspecified atom stereocenters. The predicted molar refractivity (Wildman–Crippen MR) is 64.9 cm³/mol. The number of carbonyl (C=O) groups excluding carboxylic acids is 1. The van der Waals surface area contributed by atoms with Gasteiger partial charge in [0, 0.05) is 18.9 Å². The van der Waals surface area contributed by atoms with Crippen molar-refractivity contribution >= 4 is 17.6 Å². The van der Waals surface area contributed by atoms with Gasteiger partial charge in [0.15, 0.2) is 5.69 Å². The van der Waals surface area contributed by atoms with Crippen molar-refractivity contribution in [2.24, 2.45) is 0 Å². The number of aromatic nitrogens is 3. The quantitative estimate of drug-likeness (QED) is 0.883. The van der Waals surface area contributed by atoms with Gasteiger partial charge in [-0.15, -0.1) is 0 Å². The van der Waals surface area contributed by atoms with Crippen molar-refractivity contribution in [2.75, 3.05) is 6.54 Å². The Kier molecular flexibility index (Phi) is 3.77. The minimum atomic E-state index is -0.162. The van der Waals surface area contributed by atoms with Gasteiger partial charge in [-0.3, -0.25) is 9.78 Å². The van der Waals surface area contributed by atoms with Gasteiger partial charge in [-0.05, 0) is 31.0 Å². The van der Waals surface area contributed by atoms with E-state index in [0.717, 1.165) is 23.7 Å². The first-order valence-electron chi connectivity index (χ1n) is 5.23. The Morgan fingerprint density at radius 2 is 2.12 bits per heavy atom. The number of amides is 1. The second-order valence-electron chi connectivity index (χ2n) is 3.56. The van der Waals surface area contributed by atoms with E-state index in [2.05, 4.69) is 19.0 Å². The van der Waals surface area contributed by atoms with E-state index in [1.807, 2.05) is 12.1 Å². The number of aryl methyl sites for hydroxylation is 1. The number of hydrogen-bond donors (Lipinski definition) is 1. The minimum absolute atomic E-state index is 0.162. The Morgan fingerprint density at radius 3 is 2.76 bits per heavy atom. The first kappa shape index (κ1) is 11.7. The third-order valence-electron chi connectivity index (χ3n) is 2.32. The second kappa shape index (κ2) is 5.49. The van der Waals surface area contributed by atoms with Gasteiger partial charge in [-0.2, -0.15) is 8.75 Å². The normalized spacial score (nSPS) is 10.2. The molecule has 0 bridgehead atoms.